The topological polar surface area (TPSA) is 20.2 Å². The predicted octanol–water partition coefficient (Wildman–Crippen LogP) is 4.32. The van der Waals surface area contributed by atoms with Crippen molar-refractivity contribution in [2.24, 2.45) is 11.8 Å². The van der Waals surface area contributed by atoms with E-state index in [1.807, 2.05) is 6.92 Å². The predicted molar refractivity (Wildman–Crippen MR) is 65.4 cm³/mol. The lowest BCUT2D eigenvalue weighted by molar-refractivity contribution is 0.0922. The van der Waals surface area contributed by atoms with Crippen molar-refractivity contribution in [1.29, 1.82) is 0 Å². The number of halogens is 2. The van der Waals surface area contributed by atoms with Crippen LogP contribution in [0.4, 0.5) is 0 Å². The molecule has 3 heteroatoms. The summed E-state index contributed by atoms with van der Waals surface area (Å²) in [5.74, 6) is 0.579. The van der Waals surface area contributed by atoms with Crippen molar-refractivity contribution in [3.63, 3.8) is 0 Å². The molecule has 0 radical (unpaired) electrons. The van der Waals surface area contributed by atoms with E-state index in [9.17, 15) is 5.11 Å². The molecule has 15 heavy (non-hydrogen) atoms. The molecule has 0 amide bonds. The monoisotopic (exact) mass is 246 g/mol. The molecular formula is C12H16Cl2O. The van der Waals surface area contributed by atoms with Gasteiger partial charge in [-0.25, -0.2) is 0 Å². The molecule has 0 aromatic heterocycles. The highest BCUT2D eigenvalue weighted by Crippen LogP contribution is 2.33. The molecule has 1 N–H and O–H groups in total. The lowest BCUT2D eigenvalue weighted by atomic mass is 9.88. The van der Waals surface area contributed by atoms with E-state index in [0.717, 1.165) is 5.56 Å². The summed E-state index contributed by atoms with van der Waals surface area (Å²) < 4.78 is 0. The van der Waals surface area contributed by atoms with Gasteiger partial charge in [-0.3, -0.25) is 0 Å². The quantitative estimate of drug-likeness (QED) is 0.843. The second-order valence-electron chi connectivity index (χ2n) is 4.21. The van der Waals surface area contributed by atoms with E-state index in [2.05, 4.69) is 13.8 Å². The minimum absolute atomic E-state index is 0.170. The SMILES string of the molecule is CC(C)C(C)C(O)c1ccc(Cl)cc1Cl. The first-order valence-electron chi connectivity index (χ1n) is 5.06. The highest BCUT2D eigenvalue weighted by atomic mass is 35.5. The lowest BCUT2D eigenvalue weighted by Gasteiger charge is -2.23. The Hall–Kier alpha value is -0.240. The summed E-state index contributed by atoms with van der Waals surface area (Å²) in [6, 6.07) is 5.20. The number of hydrogen-bond acceptors (Lipinski definition) is 1. The molecular weight excluding hydrogens is 231 g/mol. The summed E-state index contributed by atoms with van der Waals surface area (Å²) in [7, 11) is 0. The van der Waals surface area contributed by atoms with E-state index in [1.54, 1.807) is 18.2 Å². The van der Waals surface area contributed by atoms with Crippen LogP contribution in [0.15, 0.2) is 18.2 Å². The zero-order valence-corrected chi connectivity index (χ0v) is 10.7. The van der Waals surface area contributed by atoms with Crippen LogP contribution in [0.5, 0.6) is 0 Å². The van der Waals surface area contributed by atoms with E-state index in [4.69, 9.17) is 23.2 Å². The van der Waals surface area contributed by atoms with Crippen LogP contribution in [-0.2, 0) is 0 Å². The molecule has 0 aliphatic heterocycles. The van der Waals surface area contributed by atoms with Gasteiger partial charge in [0, 0.05) is 10.0 Å². The summed E-state index contributed by atoms with van der Waals surface area (Å²) >= 11 is 11.8. The third kappa shape index (κ3) is 3.10. The van der Waals surface area contributed by atoms with E-state index in [0.29, 0.717) is 16.0 Å². The van der Waals surface area contributed by atoms with Crippen LogP contribution in [0.3, 0.4) is 0 Å². The van der Waals surface area contributed by atoms with Gasteiger partial charge >= 0.3 is 0 Å². The van der Waals surface area contributed by atoms with Gasteiger partial charge in [0.1, 0.15) is 0 Å². The average Bonchev–Trinajstić information content (AvgIpc) is 2.15. The minimum atomic E-state index is -0.533. The summed E-state index contributed by atoms with van der Waals surface area (Å²) in [4.78, 5) is 0. The van der Waals surface area contributed by atoms with Crippen molar-refractivity contribution >= 4 is 23.2 Å². The summed E-state index contributed by atoms with van der Waals surface area (Å²) in [5, 5.41) is 11.2. The lowest BCUT2D eigenvalue weighted by Crippen LogP contribution is -2.15. The molecule has 1 aromatic carbocycles. The Morgan fingerprint density at radius 1 is 1.13 bits per heavy atom. The van der Waals surface area contributed by atoms with Gasteiger partial charge in [0.15, 0.2) is 0 Å². The molecule has 1 nitrogen and oxygen atoms in total. The van der Waals surface area contributed by atoms with Crippen molar-refractivity contribution in [2.45, 2.75) is 26.9 Å². The third-order valence-corrected chi connectivity index (χ3v) is 3.39. The average molecular weight is 247 g/mol. The first kappa shape index (κ1) is 12.8. The maximum atomic E-state index is 10.1. The van der Waals surface area contributed by atoms with Crippen molar-refractivity contribution in [3.8, 4) is 0 Å². The largest absolute Gasteiger partial charge is 0.388 e. The van der Waals surface area contributed by atoms with Gasteiger partial charge in [0.25, 0.3) is 0 Å². The van der Waals surface area contributed by atoms with Gasteiger partial charge < -0.3 is 5.11 Å². The van der Waals surface area contributed by atoms with Crippen molar-refractivity contribution < 1.29 is 5.11 Å². The number of hydrogen-bond donors (Lipinski definition) is 1. The molecule has 0 spiro atoms. The van der Waals surface area contributed by atoms with Crippen molar-refractivity contribution in [2.75, 3.05) is 0 Å². The Balaban J connectivity index is 2.96. The van der Waals surface area contributed by atoms with Gasteiger partial charge in [-0.15, -0.1) is 0 Å². The fourth-order valence-electron chi connectivity index (χ4n) is 1.39. The molecule has 0 aliphatic rings. The normalized spacial score (nSPS) is 15.4. The van der Waals surface area contributed by atoms with Gasteiger partial charge in [-0.1, -0.05) is 50.0 Å². The maximum Gasteiger partial charge on any atom is 0.0832 e. The maximum absolute atomic E-state index is 10.1. The molecule has 0 heterocycles. The molecule has 0 bridgehead atoms. The third-order valence-electron chi connectivity index (χ3n) is 2.83. The molecule has 2 unspecified atom stereocenters. The molecule has 0 aliphatic carbocycles. The molecule has 2 atom stereocenters. The first-order valence-corrected chi connectivity index (χ1v) is 5.82. The molecule has 1 rings (SSSR count). The number of benzene rings is 1. The van der Waals surface area contributed by atoms with Gasteiger partial charge in [0.05, 0.1) is 6.10 Å². The van der Waals surface area contributed by atoms with Crippen LogP contribution in [-0.4, -0.2) is 5.11 Å². The van der Waals surface area contributed by atoms with Crippen LogP contribution < -0.4 is 0 Å². The van der Waals surface area contributed by atoms with Gasteiger partial charge in [0.2, 0.25) is 0 Å². The van der Waals surface area contributed by atoms with Crippen LogP contribution in [0.2, 0.25) is 10.0 Å². The molecule has 0 saturated heterocycles. The van der Waals surface area contributed by atoms with Gasteiger partial charge in [-0.05, 0) is 29.5 Å². The van der Waals surface area contributed by atoms with Crippen LogP contribution in [0.1, 0.15) is 32.4 Å². The Morgan fingerprint density at radius 3 is 2.20 bits per heavy atom. The Labute approximate surface area is 101 Å². The van der Waals surface area contributed by atoms with E-state index in [-0.39, 0.29) is 5.92 Å². The molecule has 84 valence electrons. The molecule has 1 aromatic rings. The first-order chi connectivity index (χ1) is 6.93. The number of rotatable bonds is 3. The Kier molecular flexibility index (Phi) is 4.45. The fraction of sp³-hybridized carbons (Fsp3) is 0.500. The van der Waals surface area contributed by atoms with Crippen LogP contribution in [0.25, 0.3) is 0 Å². The summed E-state index contributed by atoms with van der Waals surface area (Å²) in [6.07, 6.45) is -0.533. The summed E-state index contributed by atoms with van der Waals surface area (Å²) in [5.41, 5.74) is 0.752. The highest BCUT2D eigenvalue weighted by molar-refractivity contribution is 6.35. The highest BCUT2D eigenvalue weighted by Gasteiger charge is 2.21. The Bertz CT molecular complexity index is 336. The number of aliphatic hydroxyl groups excluding tert-OH is 1. The Morgan fingerprint density at radius 2 is 1.73 bits per heavy atom. The second-order valence-corrected chi connectivity index (χ2v) is 5.06. The number of aliphatic hydroxyl groups is 1. The van der Waals surface area contributed by atoms with E-state index < -0.39 is 6.10 Å². The summed E-state index contributed by atoms with van der Waals surface area (Å²) in [6.45, 7) is 6.18. The standard InChI is InChI=1S/C12H16Cl2O/c1-7(2)8(3)12(15)10-5-4-9(13)6-11(10)14/h4-8,12,15H,1-3H3. The molecule has 0 saturated carbocycles. The van der Waals surface area contributed by atoms with Crippen molar-refractivity contribution in [1.82, 2.24) is 0 Å². The zero-order chi connectivity index (χ0) is 11.6. The molecule has 0 fully saturated rings. The fourth-order valence-corrected chi connectivity index (χ4v) is 1.91. The van der Waals surface area contributed by atoms with Crippen LogP contribution in [0, 0.1) is 11.8 Å². The minimum Gasteiger partial charge on any atom is -0.388 e. The van der Waals surface area contributed by atoms with Gasteiger partial charge in [-0.2, -0.15) is 0 Å². The van der Waals surface area contributed by atoms with E-state index >= 15 is 0 Å². The van der Waals surface area contributed by atoms with Crippen molar-refractivity contribution in [3.05, 3.63) is 33.8 Å². The smallest absolute Gasteiger partial charge is 0.0832 e. The van der Waals surface area contributed by atoms with Crippen LogP contribution >= 0.6 is 23.2 Å². The second kappa shape index (κ2) is 5.20. The zero-order valence-electron chi connectivity index (χ0n) is 9.17. The van der Waals surface area contributed by atoms with E-state index in [1.165, 1.54) is 0 Å².